The van der Waals surface area contributed by atoms with Crippen LogP contribution >= 0.6 is 0 Å². The molecule has 0 radical (unpaired) electrons. The number of aryl methyl sites for hydroxylation is 1. The highest BCUT2D eigenvalue weighted by Gasteiger charge is 2.30. The Morgan fingerprint density at radius 3 is 1.97 bits per heavy atom. The predicted octanol–water partition coefficient (Wildman–Crippen LogP) is 6.85. The smallest absolute Gasteiger partial charge is 0.406 e. The van der Waals surface area contributed by atoms with Crippen LogP contribution in [0.4, 0.5) is 13.2 Å². The summed E-state index contributed by atoms with van der Waals surface area (Å²) in [7, 11) is 0. The van der Waals surface area contributed by atoms with E-state index in [-0.39, 0.29) is 5.75 Å². The van der Waals surface area contributed by atoms with Crippen molar-refractivity contribution >= 4 is 21.5 Å². The topological polar surface area (TPSA) is 9.23 Å². The van der Waals surface area contributed by atoms with Crippen LogP contribution in [0, 0.1) is 11.8 Å². The maximum Gasteiger partial charge on any atom is 0.573 e. The Hall–Kier alpha value is -3.45. The van der Waals surface area contributed by atoms with E-state index in [2.05, 4.69) is 59.9 Å². The Bertz CT molecular complexity index is 1240. The minimum atomic E-state index is -4.69. The van der Waals surface area contributed by atoms with Gasteiger partial charge in [-0.3, -0.25) is 0 Å². The fraction of sp³-hybridized carbons (Fsp3) is 0.120. The second-order valence-corrected chi connectivity index (χ2v) is 6.73. The highest BCUT2D eigenvalue weighted by Crippen LogP contribution is 2.27. The lowest BCUT2D eigenvalue weighted by molar-refractivity contribution is -0.274. The van der Waals surface area contributed by atoms with Gasteiger partial charge < -0.3 is 4.74 Å². The normalized spacial score (nSPS) is 11.3. The molecule has 0 aliphatic rings. The third-order valence-electron chi connectivity index (χ3n) is 4.75. The van der Waals surface area contributed by atoms with Gasteiger partial charge in [-0.1, -0.05) is 55.2 Å². The van der Waals surface area contributed by atoms with Crippen LogP contribution in [0.15, 0.2) is 72.8 Å². The quantitative estimate of drug-likeness (QED) is 0.269. The van der Waals surface area contributed by atoms with Crippen molar-refractivity contribution in [1.82, 2.24) is 0 Å². The number of hydrogen-bond donors (Lipinski definition) is 0. The first-order valence-corrected chi connectivity index (χ1v) is 9.24. The molecule has 0 unspecified atom stereocenters. The molecule has 0 aliphatic heterocycles. The van der Waals surface area contributed by atoms with Crippen molar-refractivity contribution in [2.45, 2.75) is 19.7 Å². The fourth-order valence-corrected chi connectivity index (χ4v) is 3.30. The van der Waals surface area contributed by atoms with Crippen molar-refractivity contribution in [3.63, 3.8) is 0 Å². The molecule has 0 spiro atoms. The summed E-state index contributed by atoms with van der Waals surface area (Å²) in [5.74, 6) is 5.80. The molecule has 0 aliphatic carbocycles. The van der Waals surface area contributed by atoms with Gasteiger partial charge in [0.2, 0.25) is 0 Å². The average Bonchev–Trinajstić information content (AvgIpc) is 2.71. The lowest BCUT2D eigenvalue weighted by Crippen LogP contribution is -2.16. The molecule has 0 saturated heterocycles. The zero-order valence-corrected chi connectivity index (χ0v) is 15.7. The first-order chi connectivity index (χ1) is 13.9. The molecule has 0 bridgehead atoms. The monoisotopic (exact) mass is 390 g/mol. The summed E-state index contributed by atoms with van der Waals surface area (Å²) in [6.45, 7) is 2.14. The first kappa shape index (κ1) is 18.9. The van der Waals surface area contributed by atoms with Gasteiger partial charge in [-0.2, -0.15) is 0 Å². The van der Waals surface area contributed by atoms with Crippen LogP contribution in [0.3, 0.4) is 0 Å². The van der Waals surface area contributed by atoms with E-state index >= 15 is 0 Å². The van der Waals surface area contributed by atoms with E-state index in [1.807, 2.05) is 12.1 Å². The van der Waals surface area contributed by atoms with Gasteiger partial charge in [0.1, 0.15) is 5.75 Å². The first-order valence-electron chi connectivity index (χ1n) is 9.24. The molecular weight excluding hydrogens is 373 g/mol. The molecule has 0 heterocycles. The van der Waals surface area contributed by atoms with E-state index in [0.717, 1.165) is 17.4 Å². The van der Waals surface area contributed by atoms with Gasteiger partial charge in [0.15, 0.2) is 0 Å². The van der Waals surface area contributed by atoms with Crippen LogP contribution < -0.4 is 4.74 Å². The van der Waals surface area contributed by atoms with Gasteiger partial charge in [0.05, 0.1) is 0 Å². The zero-order valence-electron chi connectivity index (χ0n) is 15.7. The van der Waals surface area contributed by atoms with Gasteiger partial charge in [0, 0.05) is 11.1 Å². The number of alkyl halides is 3. The van der Waals surface area contributed by atoms with E-state index in [1.54, 1.807) is 0 Å². The van der Waals surface area contributed by atoms with E-state index in [9.17, 15) is 13.2 Å². The van der Waals surface area contributed by atoms with Crippen molar-refractivity contribution in [3.8, 4) is 17.6 Å². The van der Waals surface area contributed by atoms with Gasteiger partial charge in [-0.15, -0.1) is 13.2 Å². The number of rotatable bonds is 2. The number of fused-ring (bicyclic) bond motifs is 3. The molecule has 1 nitrogen and oxygen atoms in total. The third-order valence-corrected chi connectivity index (χ3v) is 4.75. The molecule has 0 aromatic heterocycles. The minimum absolute atomic E-state index is 0.258. The largest absolute Gasteiger partial charge is 0.573 e. The van der Waals surface area contributed by atoms with E-state index in [4.69, 9.17) is 0 Å². The number of halogens is 3. The summed E-state index contributed by atoms with van der Waals surface area (Å²) in [5.41, 5.74) is 2.77. The molecule has 4 aromatic rings. The molecule has 144 valence electrons. The van der Waals surface area contributed by atoms with Crippen molar-refractivity contribution < 1.29 is 17.9 Å². The SMILES string of the molecule is CCc1ccc2c(ccc3cc(C#Cc4ccc(OC(F)(F)F)cc4)ccc32)c1. The Kier molecular flexibility index (Phi) is 4.90. The Labute approximate surface area is 166 Å². The molecule has 0 fully saturated rings. The fourth-order valence-electron chi connectivity index (χ4n) is 3.30. The van der Waals surface area contributed by atoms with Crippen LogP contribution in [0.5, 0.6) is 5.75 Å². The van der Waals surface area contributed by atoms with E-state index in [1.165, 1.54) is 46.0 Å². The maximum atomic E-state index is 12.2. The van der Waals surface area contributed by atoms with Crippen molar-refractivity contribution in [2.24, 2.45) is 0 Å². The maximum absolute atomic E-state index is 12.2. The highest BCUT2D eigenvalue weighted by molar-refractivity contribution is 6.07. The van der Waals surface area contributed by atoms with E-state index in [0.29, 0.717) is 5.56 Å². The van der Waals surface area contributed by atoms with Crippen LogP contribution in [0.2, 0.25) is 0 Å². The standard InChI is InChI=1S/C25H17F3O/c1-2-17-7-13-23-20(15-17)9-10-21-16-19(8-14-24(21)23)4-3-18-5-11-22(12-6-18)29-25(26,27)28/h5-16H,2H2,1H3. The van der Waals surface area contributed by atoms with Gasteiger partial charge >= 0.3 is 6.36 Å². The predicted molar refractivity (Wildman–Crippen MR) is 110 cm³/mol. The summed E-state index contributed by atoms with van der Waals surface area (Å²) < 4.78 is 40.5. The van der Waals surface area contributed by atoms with Gasteiger partial charge in [-0.25, -0.2) is 0 Å². The van der Waals surface area contributed by atoms with Crippen molar-refractivity contribution in [3.05, 3.63) is 89.5 Å². The number of benzene rings is 4. The lowest BCUT2D eigenvalue weighted by atomic mass is 9.98. The molecular formula is C25H17F3O. The second kappa shape index (κ2) is 7.52. The molecule has 4 rings (SSSR count). The minimum Gasteiger partial charge on any atom is -0.406 e. The summed E-state index contributed by atoms with van der Waals surface area (Å²) >= 11 is 0. The van der Waals surface area contributed by atoms with Crippen LogP contribution in [-0.4, -0.2) is 6.36 Å². The van der Waals surface area contributed by atoms with Crippen LogP contribution in [0.25, 0.3) is 21.5 Å². The van der Waals surface area contributed by atoms with Crippen LogP contribution in [-0.2, 0) is 6.42 Å². The summed E-state index contributed by atoms with van der Waals surface area (Å²) in [4.78, 5) is 0. The Morgan fingerprint density at radius 1 is 0.724 bits per heavy atom. The number of ether oxygens (including phenoxy) is 1. The second-order valence-electron chi connectivity index (χ2n) is 6.73. The number of hydrogen-bond acceptors (Lipinski definition) is 1. The molecule has 0 saturated carbocycles. The molecule has 4 heteroatoms. The summed E-state index contributed by atoms with van der Waals surface area (Å²) in [5, 5.41) is 4.70. The summed E-state index contributed by atoms with van der Waals surface area (Å²) in [6, 6.07) is 22.3. The Morgan fingerprint density at radius 2 is 1.31 bits per heavy atom. The van der Waals surface area contributed by atoms with Crippen LogP contribution in [0.1, 0.15) is 23.6 Å². The zero-order chi connectivity index (χ0) is 20.4. The molecule has 29 heavy (non-hydrogen) atoms. The lowest BCUT2D eigenvalue weighted by Gasteiger charge is -2.08. The molecule has 0 N–H and O–H groups in total. The van der Waals surface area contributed by atoms with Crippen molar-refractivity contribution in [1.29, 1.82) is 0 Å². The van der Waals surface area contributed by atoms with Gasteiger partial charge in [0.25, 0.3) is 0 Å². The summed E-state index contributed by atoms with van der Waals surface area (Å²) in [6.07, 6.45) is -3.69. The van der Waals surface area contributed by atoms with Crippen molar-refractivity contribution in [2.75, 3.05) is 0 Å². The average molecular weight is 390 g/mol. The molecule has 0 amide bonds. The third kappa shape index (κ3) is 4.35. The van der Waals surface area contributed by atoms with Gasteiger partial charge in [-0.05, 0) is 69.9 Å². The highest BCUT2D eigenvalue weighted by atomic mass is 19.4. The Balaban J connectivity index is 1.61. The van der Waals surface area contributed by atoms with E-state index < -0.39 is 6.36 Å². The molecule has 4 aromatic carbocycles. The molecule has 0 atom stereocenters.